The zero-order chi connectivity index (χ0) is 15.7. The van der Waals surface area contributed by atoms with Crippen molar-refractivity contribution in [1.82, 2.24) is 4.98 Å². The molecule has 0 bridgehead atoms. The van der Waals surface area contributed by atoms with Gasteiger partial charge in [0.2, 0.25) is 23.1 Å². The van der Waals surface area contributed by atoms with Gasteiger partial charge in [0.1, 0.15) is 0 Å². The Morgan fingerprint density at radius 2 is 1.57 bits per heavy atom. The number of nitro benzene ring substituents is 1. The maximum absolute atomic E-state index is 13.5. The Morgan fingerprint density at radius 3 is 2.10 bits per heavy atom. The second kappa shape index (κ2) is 5.31. The van der Waals surface area contributed by atoms with Gasteiger partial charge in [0, 0.05) is 6.07 Å². The molecule has 1 heterocycles. The number of nitrogens with zero attached hydrogens (tertiary/aromatic N) is 2. The van der Waals surface area contributed by atoms with Crippen molar-refractivity contribution in [1.29, 1.82) is 0 Å². The van der Waals surface area contributed by atoms with Crippen LogP contribution in [0.2, 0.25) is 0 Å². The van der Waals surface area contributed by atoms with Crippen LogP contribution in [0, 0.1) is 39.5 Å². The Balaban J connectivity index is 2.61. The van der Waals surface area contributed by atoms with Gasteiger partial charge in [-0.15, -0.1) is 0 Å². The summed E-state index contributed by atoms with van der Waals surface area (Å²) in [5, 5.41) is 10.7. The number of aromatic nitrogens is 1. The first-order chi connectivity index (χ1) is 9.82. The number of nitro groups is 1. The standard InChI is InChI=1S/C11H3F5N2O3/c12-4-2-1-3-5(18(19)20)8(4)21-9-6(13)10(15)17-11(16)7(9)14/h1-3H. The Morgan fingerprint density at radius 1 is 1.00 bits per heavy atom. The lowest BCUT2D eigenvalue weighted by molar-refractivity contribution is -0.385. The van der Waals surface area contributed by atoms with Gasteiger partial charge in [0.25, 0.3) is 11.9 Å². The number of ether oxygens (including phenoxy) is 1. The SMILES string of the molecule is O=[N+]([O-])c1cccc(F)c1Oc1c(F)c(F)nc(F)c1F. The number of halogens is 5. The Bertz CT molecular complexity index is 712. The largest absolute Gasteiger partial charge is 0.440 e. The lowest BCUT2D eigenvalue weighted by Crippen LogP contribution is -2.05. The first-order valence-corrected chi connectivity index (χ1v) is 5.13. The number of hydrogen-bond donors (Lipinski definition) is 0. The van der Waals surface area contributed by atoms with Gasteiger partial charge >= 0.3 is 5.69 Å². The molecule has 0 unspecified atom stereocenters. The number of pyridine rings is 1. The molecule has 0 aliphatic heterocycles. The van der Waals surface area contributed by atoms with Crippen LogP contribution in [-0.4, -0.2) is 9.91 Å². The highest BCUT2D eigenvalue weighted by atomic mass is 19.2. The summed E-state index contributed by atoms with van der Waals surface area (Å²) >= 11 is 0. The first-order valence-electron chi connectivity index (χ1n) is 5.13. The minimum Gasteiger partial charge on any atom is -0.440 e. The predicted octanol–water partition coefficient (Wildman–Crippen LogP) is 3.48. The van der Waals surface area contributed by atoms with Crippen LogP contribution in [0.1, 0.15) is 0 Å². The molecule has 0 atom stereocenters. The molecule has 0 amide bonds. The van der Waals surface area contributed by atoms with Crippen molar-refractivity contribution < 1.29 is 31.6 Å². The third-order valence-corrected chi connectivity index (χ3v) is 2.30. The molecular weight excluding hydrogens is 303 g/mol. The van der Waals surface area contributed by atoms with Gasteiger partial charge in [-0.05, 0) is 6.07 Å². The van der Waals surface area contributed by atoms with Gasteiger partial charge in [0.05, 0.1) is 4.92 Å². The molecule has 10 heteroatoms. The molecule has 0 N–H and O–H groups in total. The number of benzene rings is 1. The van der Waals surface area contributed by atoms with E-state index in [9.17, 15) is 32.1 Å². The molecule has 2 aromatic rings. The third kappa shape index (κ3) is 2.59. The van der Waals surface area contributed by atoms with Crippen molar-refractivity contribution >= 4 is 5.69 Å². The van der Waals surface area contributed by atoms with Crippen LogP contribution in [0.15, 0.2) is 18.2 Å². The highest BCUT2D eigenvalue weighted by molar-refractivity contribution is 5.49. The molecule has 5 nitrogen and oxygen atoms in total. The van der Waals surface area contributed by atoms with Crippen LogP contribution in [0.5, 0.6) is 11.5 Å². The predicted molar refractivity (Wildman–Crippen MR) is 57.2 cm³/mol. The third-order valence-electron chi connectivity index (χ3n) is 2.30. The maximum atomic E-state index is 13.5. The lowest BCUT2D eigenvalue weighted by atomic mass is 10.3. The molecular formula is C11H3F5N2O3. The summed E-state index contributed by atoms with van der Waals surface area (Å²) in [6.07, 6.45) is 0. The minimum absolute atomic E-state index is 0.700. The van der Waals surface area contributed by atoms with E-state index in [0.29, 0.717) is 6.07 Å². The topological polar surface area (TPSA) is 65.3 Å². The minimum atomic E-state index is -2.05. The molecule has 0 saturated heterocycles. The second-order valence-corrected chi connectivity index (χ2v) is 3.60. The van der Waals surface area contributed by atoms with Gasteiger partial charge in [-0.3, -0.25) is 10.1 Å². The van der Waals surface area contributed by atoms with Crippen LogP contribution < -0.4 is 4.74 Å². The van der Waals surface area contributed by atoms with E-state index in [2.05, 4.69) is 9.72 Å². The maximum Gasteiger partial charge on any atom is 0.314 e. The fourth-order valence-electron chi connectivity index (χ4n) is 1.40. The van der Waals surface area contributed by atoms with E-state index in [0.717, 1.165) is 12.1 Å². The van der Waals surface area contributed by atoms with Crippen LogP contribution in [0.3, 0.4) is 0 Å². The quantitative estimate of drug-likeness (QED) is 0.377. The van der Waals surface area contributed by atoms with Gasteiger partial charge < -0.3 is 4.74 Å². The van der Waals surface area contributed by atoms with E-state index >= 15 is 0 Å². The second-order valence-electron chi connectivity index (χ2n) is 3.60. The summed E-state index contributed by atoms with van der Waals surface area (Å²) in [6, 6.07) is 2.43. The van der Waals surface area contributed by atoms with E-state index in [1.165, 1.54) is 0 Å². The molecule has 0 spiro atoms. The average Bonchev–Trinajstić information content (AvgIpc) is 2.42. The fourth-order valence-corrected chi connectivity index (χ4v) is 1.40. The van der Waals surface area contributed by atoms with Crippen molar-refractivity contribution in [2.75, 3.05) is 0 Å². The molecule has 0 aliphatic rings. The molecule has 21 heavy (non-hydrogen) atoms. The number of para-hydroxylation sites is 1. The Hall–Kier alpha value is -2.78. The molecule has 0 radical (unpaired) electrons. The fraction of sp³-hybridized carbons (Fsp3) is 0. The normalized spacial score (nSPS) is 10.5. The zero-order valence-corrected chi connectivity index (χ0v) is 9.74. The average molecular weight is 306 g/mol. The van der Waals surface area contributed by atoms with Gasteiger partial charge in [-0.1, -0.05) is 6.07 Å². The molecule has 1 aromatic carbocycles. The lowest BCUT2D eigenvalue weighted by Gasteiger charge is -2.09. The van der Waals surface area contributed by atoms with E-state index < -0.39 is 51.5 Å². The molecule has 1 aromatic heterocycles. The summed E-state index contributed by atoms with van der Waals surface area (Å²) in [5.74, 6) is -12.4. The van der Waals surface area contributed by atoms with Gasteiger partial charge in [-0.25, -0.2) is 4.39 Å². The molecule has 2 rings (SSSR count). The molecule has 0 fully saturated rings. The summed E-state index contributed by atoms with van der Waals surface area (Å²) in [7, 11) is 0. The van der Waals surface area contributed by atoms with E-state index in [1.807, 2.05) is 0 Å². The van der Waals surface area contributed by atoms with Gasteiger partial charge in [0.15, 0.2) is 5.82 Å². The van der Waals surface area contributed by atoms with Crippen molar-refractivity contribution in [2.24, 2.45) is 0 Å². The van der Waals surface area contributed by atoms with Crippen molar-refractivity contribution in [3.05, 3.63) is 57.7 Å². The van der Waals surface area contributed by atoms with Crippen LogP contribution in [0.4, 0.5) is 27.6 Å². The summed E-state index contributed by atoms with van der Waals surface area (Å²) in [5.41, 5.74) is -0.980. The van der Waals surface area contributed by atoms with Crippen LogP contribution in [-0.2, 0) is 0 Å². The van der Waals surface area contributed by atoms with E-state index in [4.69, 9.17) is 0 Å². The van der Waals surface area contributed by atoms with Crippen LogP contribution >= 0.6 is 0 Å². The summed E-state index contributed by atoms with van der Waals surface area (Å²) in [6.45, 7) is 0. The number of rotatable bonds is 3. The summed E-state index contributed by atoms with van der Waals surface area (Å²) < 4.78 is 70.2. The highest BCUT2D eigenvalue weighted by Gasteiger charge is 2.27. The molecule has 110 valence electrons. The van der Waals surface area contributed by atoms with E-state index in [1.54, 1.807) is 0 Å². The van der Waals surface area contributed by atoms with Crippen molar-refractivity contribution in [3.63, 3.8) is 0 Å². The van der Waals surface area contributed by atoms with Crippen molar-refractivity contribution in [2.45, 2.75) is 0 Å². The monoisotopic (exact) mass is 306 g/mol. The molecule has 0 saturated carbocycles. The Kier molecular flexibility index (Phi) is 3.70. The van der Waals surface area contributed by atoms with Crippen LogP contribution in [0.25, 0.3) is 0 Å². The first kappa shape index (κ1) is 14.6. The van der Waals surface area contributed by atoms with Crippen molar-refractivity contribution in [3.8, 4) is 11.5 Å². The number of hydrogen-bond acceptors (Lipinski definition) is 4. The summed E-state index contributed by atoms with van der Waals surface area (Å²) in [4.78, 5) is 11.8. The van der Waals surface area contributed by atoms with Gasteiger partial charge in [-0.2, -0.15) is 22.5 Å². The highest BCUT2D eigenvalue weighted by Crippen LogP contribution is 2.36. The Labute approximate surface area is 112 Å². The van der Waals surface area contributed by atoms with E-state index in [-0.39, 0.29) is 0 Å². The smallest absolute Gasteiger partial charge is 0.314 e. The zero-order valence-electron chi connectivity index (χ0n) is 9.74. The molecule has 0 aliphatic carbocycles.